The minimum Gasteiger partial charge on any atom is -1.00 e. The molecule has 0 saturated heterocycles. The maximum Gasteiger partial charge on any atom is 0.169 e. The van der Waals surface area contributed by atoms with E-state index in [1.54, 1.807) is 0 Å². The van der Waals surface area contributed by atoms with Gasteiger partial charge in [0.15, 0.2) is 18.9 Å². The van der Waals surface area contributed by atoms with Gasteiger partial charge in [0.25, 0.3) is 0 Å². The van der Waals surface area contributed by atoms with E-state index in [0.717, 1.165) is 17.4 Å². The summed E-state index contributed by atoms with van der Waals surface area (Å²) in [6.07, 6.45) is 9.41. The third-order valence-electron chi connectivity index (χ3n) is 1.70. The van der Waals surface area contributed by atoms with E-state index >= 15 is 0 Å². The van der Waals surface area contributed by atoms with Crippen molar-refractivity contribution in [3.63, 3.8) is 0 Å². The van der Waals surface area contributed by atoms with Crippen LogP contribution in [0.5, 0.6) is 0 Å². The summed E-state index contributed by atoms with van der Waals surface area (Å²) in [6, 6.07) is 3.78. The van der Waals surface area contributed by atoms with Crippen molar-refractivity contribution in [2.75, 3.05) is 5.33 Å². The van der Waals surface area contributed by atoms with E-state index in [1.807, 2.05) is 29.1 Å². The fourth-order valence-electron chi connectivity index (χ4n) is 1.00. The fraction of sp³-hybridized carbons (Fsp3) is 0.200. The summed E-state index contributed by atoms with van der Waals surface area (Å²) in [4.78, 5) is 0. The molecule has 1 rings (SSSR count). The largest absolute Gasteiger partial charge is 1.00 e. The molecule has 0 aliphatic rings. The van der Waals surface area contributed by atoms with Gasteiger partial charge >= 0.3 is 0 Å². The third-order valence-corrected chi connectivity index (χ3v) is 2.07. The van der Waals surface area contributed by atoms with Crippen molar-refractivity contribution < 1.29 is 26.8 Å². The second-order valence-electron chi connectivity index (χ2n) is 2.70. The Hall–Kier alpha value is -0.680. The molecule has 1 aromatic rings. The highest BCUT2D eigenvalue weighted by atomic mass is 79.9. The Morgan fingerprint density at radius 1 is 1.33 bits per heavy atom. The summed E-state index contributed by atoms with van der Waals surface area (Å²) >= 11 is 3.31. The summed E-state index contributed by atoms with van der Waals surface area (Å²) in [5, 5.41) is 12.1. The Kier molecular flexibility index (Phi) is 8.22. The number of oxime groups is 1. The van der Waals surface area contributed by atoms with Gasteiger partial charge in [0.1, 0.15) is 0 Å². The number of alkyl halides is 1. The predicted octanol–water partition coefficient (Wildman–Crippen LogP) is -1.26. The highest BCUT2D eigenvalue weighted by Crippen LogP contribution is 1.90. The van der Waals surface area contributed by atoms with Gasteiger partial charge in [-0.2, -0.15) is 0 Å². The van der Waals surface area contributed by atoms with Crippen LogP contribution in [0.4, 0.5) is 0 Å². The molecule has 0 unspecified atom stereocenters. The van der Waals surface area contributed by atoms with E-state index < -0.39 is 0 Å². The first-order valence-electron chi connectivity index (χ1n) is 4.24. The van der Waals surface area contributed by atoms with Crippen LogP contribution in [-0.4, -0.2) is 16.8 Å². The molecule has 0 aliphatic heterocycles. The average Bonchev–Trinajstić information content (AvgIpc) is 2.21. The summed E-state index contributed by atoms with van der Waals surface area (Å²) in [7, 11) is 0. The SMILES string of the molecule is O/N=C/c1cc[n+](CC=CCBr)cc1.[Br-]. The third kappa shape index (κ3) is 5.69. The molecular weight excluding hydrogens is 324 g/mol. The topological polar surface area (TPSA) is 36.5 Å². The second-order valence-corrected chi connectivity index (χ2v) is 3.35. The van der Waals surface area contributed by atoms with E-state index in [2.05, 4.69) is 33.2 Å². The van der Waals surface area contributed by atoms with Gasteiger partial charge in [-0.3, -0.25) is 0 Å². The highest BCUT2D eigenvalue weighted by molar-refractivity contribution is 9.09. The molecule has 1 aromatic heterocycles. The highest BCUT2D eigenvalue weighted by Gasteiger charge is 1.95. The van der Waals surface area contributed by atoms with Crippen LogP contribution >= 0.6 is 15.9 Å². The molecule has 3 nitrogen and oxygen atoms in total. The van der Waals surface area contributed by atoms with E-state index in [-0.39, 0.29) is 17.0 Å². The maximum absolute atomic E-state index is 8.31. The number of hydrogen-bond acceptors (Lipinski definition) is 2. The molecule has 0 aliphatic carbocycles. The summed E-state index contributed by atoms with van der Waals surface area (Å²) in [5.41, 5.74) is 0.883. The van der Waals surface area contributed by atoms with Crippen LogP contribution in [0.25, 0.3) is 0 Å². The van der Waals surface area contributed by atoms with Crippen molar-refractivity contribution in [3.8, 4) is 0 Å². The van der Waals surface area contributed by atoms with Crippen molar-refractivity contribution in [3.05, 3.63) is 42.2 Å². The minimum absolute atomic E-state index is 0. The zero-order valence-corrected chi connectivity index (χ0v) is 11.2. The molecule has 0 saturated carbocycles. The number of aromatic nitrogens is 1. The molecule has 0 atom stereocenters. The predicted molar refractivity (Wildman–Crippen MR) is 59.0 cm³/mol. The Balaban J connectivity index is 0.00000196. The maximum atomic E-state index is 8.31. The Morgan fingerprint density at radius 2 is 2.00 bits per heavy atom. The molecule has 1 heterocycles. The Morgan fingerprint density at radius 3 is 2.53 bits per heavy atom. The zero-order chi connectivity index (χ0) is 10.2. The summed E-state index contributed by atoms with van der Waals surface area (Å²) < 4.78 is 2.04. The average molecular weight is 336 g/mol. The second kappa shape index (κ2) is 8.61. The molecule has 0 amide bonds. The van der Waals surface area contributed by atoms with Gasteiger partial charge in [0.2, 0.25) is 0 Å². The van der Waals surface area contributed by atoms with Crippen LogP contribution in [-0.2, 0) is 6.54 Å². The quantitative estimate of drug-likeness (QED) is 0.183. The molecular formula is C10H12Br2N2O. The number of pyridine rings is 1. The first-order valence-corrected chi connectivity index (χ1v) is 5.36. The van der Waals surface area contributed by atoms with Gasteiger partial charge in [0, 0.05) is 23.0 Å². The van der Waals surface area contributed by atoms with Gasteiger partial charge in [-0.25, -0.2) is 4.57 Å². The van der Waals surface area contributed by atoms with Crippen LogP contribution in [0.3, 0.4) is 0 Å². The summed E-state index contributed by atoms with van der Waals surface area (Å²) in [5.74, 6) is 0. The Bertz CT molecular complexity index is 323. The molecule has 82 valence electrons. The minimum atomic E-state index is 0. The molecule has 1 N–H and O–H groups in total. The number of nitrogens with zero attached hydrogens (tertiary/aromatic N) is 2. The molecule has 0 bridgehead atoms. The molecule has 0 aromatic carbocycles. The van der Waals surface area contributed by atoms with Crippen molar-refractivity contribution in [2.45, 2.75) is 6.54 Å². The van der Waals surface area contributed by atoms with E-state index in [1.165, 1.54) is 6.21 Å². The molecule has 5 heteroatoms. The number of allylic oxidation sites excluding steroid dienone is 2. The van der Waals surface area contributed by atoms with E-state index in [0.29, 0.717) is 0 Å². The smallest absolute Gasteiger partial charge is 0.169 e. The van der Waals surface area contributed by atoms with Gasteiger partial charge in [-0.15, -0.1) is 0 Å². The Labute approximate surface area is 108 Å². The van der Waals surface area contributed by atoms with Crippen molar-refractivity contribution >= 4 is 22.1 Å². The first-order chi connectivity index (χ1) is 6.86. The van der Waals surface area contributed by atoms with E-state index in [9.17, 15) is 0 Å². The van der Waals surface area contributed by atoms with Gasteiger partial charge < -0.3 is 22.2 Å². The van der Waals surface area contributed by atoms with Crippen LogP contribution in [0.1, 0.15) is 5.56 Å². The lowest BCUT2D eigenvalue weighted by molar-refractivity contribution is -0.687. The zero-order valence-electron chi connectivity index (χ0n) is 8.05. The first kappa shape index (κ1) is 14.3. The standard InChI is InChI=1S/C10H11BrN2O.BrH/c11-5-1-2-6-13-7-3-10(4-8-13)9-12-14;/h1-4,7-9H,5-6H2;1H. The van der Waals surface area contributed by atoms with Gasteiger partial charge in [-0.1, -0.05) is 27.2 Å². The summed E-state index contributed by atoms with van der Waals surface area (Å²) in [6.45, 7) is 0.849. The molecule has 0 fully saturated rings. The van der Waals surface area contributed by atoms with Crippen molar-refractivity contribution in [1.29, 1.82) is 0 Å². The van der Waals surface area contributed by atoms with Crippen LogP contribution in [0, 0.1) is 0 Å². The number of halogens is 2. The van der Waals surface area contributed by atoms with Crippen molar-refractivity contribution in [2.24, 2.45) is 5.16 Å². The monoisotopic (exact) mass is 334 g/mol. The van der Waals surface area contributed by atoms with E-state index in [4.69, 9.17) is 5.21 Å². The van der Waals surface area contributed by atoms with Crippen LogP contribution in [0.2, 0.25) is 0 Å². The number of hydrogen-bond donors (Lipinski definition) is 1. The van der Waals surface area contributed by atoms with Crippen molar-refractivity contribution in [1.82, 2.24) is 0 Å². The van der Waals surface area contributed by atoms with Gasteiger partial charge in [-0.05, 0) is 6.08 Å². The van der Waals surface area contributed by atoms with Gasteiger partial charge in [0.05, 0.1) is 6.21 Å². The van der Waals surface area contributed by atoms with Crippen LogP contribution in [0.15, 0.2) is 41.8 Å². The lowest BCUT2D eigenvalue weighted by Crippen LogP contribution is -3.00. The fourth-order valence-corrected chi connectivity index (χ4v) is 1.27. The number of rotatable bonds is 4. The lowest BCUT2D eigenvalue weighted by Gasteiger charge is -1.92. The molecule has 0 spiro atoms. The molecule has 0 radical (unpaired) electrons. The van der Waals surface area contributed by atoms with Crippen LogP contribution < -0.4 is 21.5 Å². The molecule has 15 heavy (non-hydrogen) atoms. The lowest BCUT2D eigenvalue weighted by atomic mass is 10.3. The normalized spacial score (nSPS) is 10.7.